The van der Waals surface area contributed by atoms with Crippen LogP contribution in [0.5, 0.6) is 0 Å². The van der Waals surface area contributed by atoms with Crippen molar-refractivity contribution in [2.45, 2.75) is 83.8 Å². The van der Waals surface area contributed by atoms with Gasteiger partial charge in [0.15, 0.2) is 5.78 Å². The zero-order valence-electron chi connectivity index (χ0n) is 20.6. The van der Waals surface area contributed by atoms with Crippen molar-refractivity contribution in [3.8, 4) is 0 Å². The number of aliphatic hydroxyl groups excluding tert-OH is 1. The second-order valence-electron chi connectivity index (χ2n) is 10.8. The molecule has 4 heteroatoms. The van der Waals surface area contributed by atoms with Crippen LogP contribution in [0.1, 0.15) is 82.8 Å². The molecule has 0 spiro atoms. The number of nitrogens with one attached hydrogen (secondary N) is 1. The van der Waals surface area contributed by atoms with Gasteiger partial charge in [0.1, 0.15) is 0 Å². The highest BCUT2D eigenvalue weighted by atomic mass is 16.5. The van der Waals surface area contributed by atoms with E-state index < -0.39 is 0 Å². The highest BCUT2D eigenvalue weighted by Crippen LogP contribution is 2.63. The highest BCUT2D eigenvalue weighted by molar-refractivity contribution is 5.93. The third-order valence-corrected chi connectivity index (χ3v) is 8.66. The maximum atomic E-state index is 12.0. The van der Waals surface area contributed by atoms with Crippen LogP contribution < -0.4 is 0 Å². The number of carbonyl (C=O) groups excluding carboxylic acids is 1. The standard InChI is InChI=1S/C25H29NO2.C4H10O/c1-25-13-21(16-4-2-15(14-26)3-5-16)24-19-9-7-18(27)12-17(19)6-8-20(24)22(25)10-11-23(25)28;1-4(2)5-3/h2-5,12,14,20-23,26,28H,6-11,13H2,1H3;4H,1-3H3. The molecule has 5 atom stereocenters. The van der Waals surface area contributed by atoms with Gasteiger partial charge in [-0.25, -0.2) is 0 Å². The Morgan fingerprint density at radius 2 is 1.82 bits per heavy atom. The largest absolute Gasteiger partial charge is 0.393 e. The smallest absolute Gasteiger partial charge is 0.156 e. The Morgan fingerprint density at radius 3 is 2.45 bits per heavy atom. The number of aliphatic hydroxyl groups is 1. The molecule has 5 rings (SSSR count). The van der Waals surface area contributed by atoms with Crippen LogP contribution >= 0.6 is 0 Å². The van der Waals surface area contributed by atoms with E-state index in [1.54, 1.807) is 12.7 Å². The number of fused-ring (bicyclic) bond motifs is 4. The van der Waals surface area contributed by atoms with Crippen molar-refractivity contribution in [2.24, 2.45) is 17.3 Å². The topological polar surface area (TPSA) is 70.4 Å². The molecule has 1 aromatic rings. The molecule has 2 N–H and O–H groups in total. The van der Waals surface area contributed by atoms with Crippen molar-refractivity contribution in [3.63, 3.8) is 0 Å². The summed E-state index contributed by atoms with van der Waals surface area (Å²) in [5.41, 5.74) is 6.52. The van der Waals surface area contributed by atoms with E-state index in [2.05, 4.69) is 19.1 Å². The van der Waals surface area contributed by atoms with Crippen LogP contribution in [-0.2, 0) is 9.53 Å². The van der Waals surface area contributed by atoms with Crippen LogP contribution in [0.2, 0.25) is 0 Å². The molecule has 0 heterocycles. The monoisotopic (exact) mass is 449 g/mol. The molecule has 0 radical (unpaired) electrons. The van der Waals surface area contributed by atoms with Gasteiger partial charge in [-0.15, -0.1) is 0 Å². The van der Waals surface area contributed by atoms with Gasteiger partial charge in [-0.05, 0) is 98.0 Å². The minimum Gasteiger partial charge on any atom is -0.393 e. The molecule has 4 aliphatic rings. The van der Waals surface area contributed by atoms with Gasteiger partial charge in [-0.1, -0.05) is 36.8 Å². The van der Waals surface area contributed by atoms with E-state index in [0.29, 0.717) is 30.3 Å². The summed E-state index contributed by atoms with van der Waals surface area (Å²) < 4.78 is 4.75. The van der Waals surface area contributed by atoms with Gasteiger partial charge in [0.2, 0.25) is 0 Å². The molecule has 4 aliphatic carbocycles. The first kappa shape index (κ1) is 24.1. The van der Waals surface area contributed by atoms with E-state index in [4.69, 9.17) is 10.1 Å². The number of hydrogen-bond donors (Lipinski definition) is 2. The summed E-state index contributed by atoms with van der Waals surface area (Å²) in [4.78, 5) is 12.0. The summed E-state index contributed by atoms with van der Waals surface area (Å²) in [5, 5.41) is 18.4. The Hall–Kier alpha value is -2.04. The quantitative estimate of drug-likeness (QED) is 0.557. The van der Waals surface area contributed by atoms with Crippen LogP contribution in [-0.4, -0.2) is 36.4 Å². The van der Waals surface area contributed by atoms with Gasteiger partial charge in [-0.3, -0.25) is 4.79 Å². The average molecular weight is 450 g/mol. The van der Waals surface area contributed by atoms with Gasteiger partial charge in [-0.2, -0.15) is 0 Å². The predicted molar refractivity (Wildman–Crippen MR) is 133 cm³/mol. The average Bonchev–Trinajstić information content (AvgIpc) is 3.12. The molecule has 0 aromatic heterocycles. The Morgan fingerprint density at radius 1 is 1.12 bits per heavy atom. The minimum atomic E-state index is -0.211. The lowest BCUT2D eigenvalue weighted by atomic mass is 9.53. The van der Waals surface area contributed by atoms with Gasteiger partial charge in [0, 0.05) is 25.7 Å². The minimum absolute atomic E-state index is 0.0225. The Labute approximate surface area is 198 Å². The van der Waals surface area contributed by atoms with Crippen molar-refractivity contribution in [1.82, 2.24) is 0 Å². The molecule has 5 unspecified atom stereocenters. The molecule has 2 fully saturated rings. The molecular formula is C29H39NO3. The predicted octanol–water partition coefficient (Wildman–Crippen LogP) is 5.99. The van der Waals surface area contributed by atoms with E-state index in [-0.39, 0.29) is 17.3 Å². The summed E-state index contributed by atoms with van der Waals surface area (Å²) in [6.45, 7) is 6.31. The lowest BCUT2D eigenvalue weighted by molar-refractivity contribution is -0.114. The number of ketones is 1. The first-order valence-electron chi connectivity index (χ1n) is 12.6. The summed E-state index contributed by atoms with van der Waals surface area (Å²) in [5.74, 6) is 1.68. The summed E-state index contributed by atoms with van der Waals surface area (Å²) in [6.07, 6.45) is 10.1. The zero-order chi connectivity index (χ0) is 23.8. The van der Waals surface area contributed by atoms with E-state index in [1.807, 2.05) is 32.1 Å². The third kappa shape index (κ3) is 4.52. The van der Waals surface area contributed by atoms with Crippen LogP contribution in [0.25, 0.3) is 0 Å². The van der Waals surface area contributed by atoms with Crippen LogP contribution in [0.15, 0.2) is 47.1 Å². The first-order valence-corrected chi connectivity index (χ1v) is 12.6. The lowest BCUT2D eigenvalue weighted by Gasteiger charge is -2.52. The molecule has 1 aromatic carbocycles. The fourth-order valence-electron chi connectivity index (χ4n) is 6.76. The van der Waals surface area contributed by atoms with E-state index in [0.717, 1.165) is 44.1 Å². The SMILES string of the molecule is CC12CC(c3ccc(C=N)cc3)C3=C4CCC(=O)C=C4CCC3C1CCC2O.COC(C)C. The second-order valence-corrected chi connectivity index (χ2v) is 10.8. The van der Waals surface area contributed by atoms with Crippen molar-refractivity contribution in [3.05, 3.63) is 58.2 Å². The maximum absolute atomic E-state index is 12.0. The van der Waals surface area contributed by atoms with Crippen molar-refractivity contribution >= 4 is 12.0 Å². The number of rotatable bonds is 3. The Kier molecular flexibility index (Phi) is 7.07. The number of carbonyl (C=O) groups is 1. The second kappa shape index (κ2) is 9.68. The molecule has 0 amide bonds. The van der Waals surface area contributed by atoms with Crippen molar-refractivity contribution in [1.29, 1.82) is 5.41 Å². The zero-order valence-corrected chi connectivity index (χ0v) is 20.6. The molecule has 4 nitrogen and oxygen atoms in total. The summed E-state index contributed by atoms with van der Waals surface area (Å²) >= 11 is 0. The van der Waals surface area contributed by atoms with E-state index >= 15 is 0 Å². The summed E-state index contributed by atoms with van der Waals surface area (Å²) in [6, 6.07) is 8.41. The molecule has 2 saturated carbocycles. The highest BCUT2D eigenvalue weighted by Gasteiger charge is 2.56. The van der Waals surface area contributed by atoms with Gasteiger partial charge in [0.05, 0.1) is 12.2 Å². The van der Waals surface area contributed by atoms with Gasteiger partial charge >= 0.3 is 0 Å². The molecular weight excluding hydrogens is 410 g/mol. The molecule has 0 aliphatic heterocycles. The third-order valence-electron chi connectivity index (χ3n) is 8.66. The van der Waals surface area contributed by atoms with Gasteiger partial charge < -0.3 is 15.3 Å². The number of allylic oxidation sites excluding steroid dienone is 4. The van der Waals surface area contributed by atoms with E-state index in [1.165, 1.54) is 22.9 Å². The summed E-state index contributed by atoms with van der Waals surface area (Å²) in [7, 11) is 1.70. The van der Waals surface area contributed by atoms with Crippen LogP contribution in [0.3, 0.4) is 0 Å². The molecule has 33 heavy (non-hydrogen) atoms. The number of methoxy groups -OCH3 is 1. The number of ether oxygens (including phenoxy) is 1. The van der Waals surface area contributed by atoms with Crippen LogP contribution in [0, 0.1) is 22.7 Å². The van der Waals surface area contributed by atoms with Crippen molar-refractivity contribution < 1.29 is 14.6 Å². The fourth-order valence-corrected chi connectivity index (χ4v) is 6.76. The van der Waals surface area contributed by atoms with Crippen LogP contribution in [0.4, 0.5) is 0 Å². The Balaban J connectivity index is 0.000000471. The molecule has 0 bridgehead atoms. The molecule has 178 valence electrons. The lowest BCUT2D eigenvalue weighted by Crippen LogP contribution is -2.45. The first-order chi connectivity index (χ1) is 15.8. The van der Waals surface area contributed by atoms with Gasteiger partial charge in [0.25, 0.3) is 0 Å². The normalized spacial score (nSPS) is 32.9. The maximum Gasteiger partial charge on any atom is 0.156 e. The Bertz CT molecular complexity index is 958. The molecule has 0 saturated heterocycles. The number of benzene rings is 1. The van der Waals surface area contributed by atoms with Crippen molar-refractivity contribution in [2.75, 3.05) is 7.11 Å². The fraction of sp³-hybridized carbons (Fsp3) is 0.586. The number of hydrogen-bond acceptors (Lipinski definition) is 4. The van der Waals surface area contributed by atoms with E-state index in [9.17, 15) is 9.90 Å².